The number of hydrogen-bond donors (Lipinski definition) is 0. The van der Waals surface area contributed by atoms with Crippen LogP contribution in [0.2, 0.25) is 5.02 Å². The minimum atomic E-state index is -0.0874. The molecule has 1 aliphatic rings. The molecule has 1 saturated heterocycles. The largest absolute Gasteiger partial charge is 0.488 e. The van der Waals surface area contributed by atoms with Gasteiger partial charge in [-0.2, -0.15) is 0 Å². The highest BCUT2D eigenvalue weighted by atomic mass is 35.5. The summed E-state index contributed by atoms with van der Waals surface area (Å²) in [7, 11) is 1.73. The van der Waals surface area contributed by atoms with E-state index < -0.39 is 0 Å². The van der Waals surface area contributed by atoms with Gasteiger partial charge in [0.15, 0.2) is 5.17 Å². The highest BCUT2D eigenvalue weighted by Crippen LogP contribution is 2.34. The van der Waals surface area contributed by atoms with Crippen molar-refractivity contribution in [1.82, 2.24) is 4.90 Å². The van der Waals surface area contributed by atoms with E-state index in [1.54, 1.807) is 11.9 Å². The molecule has 0 radical (unpaired) electrons. The minimum absolute atomic E-state index is 0.0874. The third-order valence-electron chi connectivity index (χ3n) is 4.53. The monoisotopic (exact) mass is 434 g/mol. The van der Waals surface area contributed by atoms with E-state index in [1.807, 2.05) is 84.9 Å². The van der Waals surface area contributed by atoms with Crippen LogP contribution in [0.4, 0.5) is 5.69 Å². The molecule has 6 heteroatoms. The van der Waals surface area contributed by atoms with Crippen molar-refractivity contribution in [1.29, 1.82) is 0 Å². The Hall–Kier alpha value is -3.02. The van der Waals surface area contributed by atoms with Crippen molar-refractivity contribution in [3.05, 3.63) is 99.9 Å². The first kappa shape index (κ1) is 20.3. The van der Waals surface area contributed by atoms with Crippen molar-refractivity contribution in [3.8, 4) is 5.75 Å². The summed E-state index contributed by atoms with van der Waals surface area (Å²) in [6.07, 6.45) is 1.85. The molecular formula is C24H19ClN2O2S. The Morgan fingerprint density at radius 2 is 1.70 bits per heavy atom. The molecule has 0 bridgehead atoms. The standard InChI is InChI=1S/C24H19ClN2O2S/c1-27-23(28)22(30-24(27)26-19-11-3-2-4-12-19)15-17-9-6-8-14-21(17)29-16-18-10-5-7-13-20(18)25/h2-15H,16H2,1H3/b22-15-,26-24?. The summed E-state index contributed by atoms with van der Waals surface area (Å²) in [4.78, 5) is 19.5. The van der Waals surface area contributed by atoms with Gasteiger partial charge in [-0.25, -0.2) is 4.99 Å². The average molecular weight is 435 g/mol. The van der Waals surface area contributed by atoms with Crippen LogP contribution in [0.5, 0.6) is 5.75 Å². The summed E-state index contributed by atoms with van der Waals surface area (Å²) in [6.45, 7) is 0.349. The number of thioether (sulfide) groups is 1. The second kappa shape index (κ2) is 9.20. The Bertz CT molecular complexity index is 1130. The number of para-hydroxylation sites is 2. The van der Waals surface area contributed by atoms with Gasteiger partial charge in [-0.1, -0.05) is 66.2 Å². The van der Waals surface area contributed by atoms with Gasteiger partial charge in [0.25, 0.3) is 5.91 Å². The lowest BCUT2D eigenvalue weighted by Crippen LogP contribution is -2.23. The van der Waals surface area contributed by atoms with Gasteiger partial charge in [0.1, 0.15) is 12.4 Å². The number of carbonyl (C=O) groups excluding carboxylic acids is 1. The number of nitrogens with zero attached hydrogens (tertiary/aromatic N) is 2. The summed E-state index contributed by atoms with van der Waals surface area (Å²) in [5, 5.41) is 1.31. The lowest BCUT2D eigenvalue weighted by molar-refractivity contribution is -0.121. The van der Waals surface area contributed by atoms with Gasteiger partial charge in [-0.15, -0.1) is 0 Å². The van der Waals surface area contributed by atoms with E-state index in [0.29, 0.717) is 27.5 Å². The molecular weight excluding hydrogens is 416 g/mol. The lowest BCUT2D eigenvalue weighted by Gasteiger charge is -2.10. The molecule has 0 aromatic heterocycles. The van der Waals surface area contributed by atoms with Crippen LogP contribution >= 0.6 is 23.4 Å². The number of likely N-dealkylation sites (N-methyl/N-ethyl adjacent to an activating group) is 1. The summed E-state index contributed by atoms with van der Waals surface area (Å²) >= 11 is 7.58. The number of hydrogen-bond acceptors (Lipinski definition) is 4. The molecule has 3 aromatic carbocycles. The summed E-state index contributed by atoms with van der Waals surface area (Å²) in [6, 6.07) is 24.8. The zero-order chi connectivity index (χ0) is 20.9. The third kappa shape index (κ3) is 4.58. The first-order valence-electron chi connectivity index (χ1n) is 9.38. The molecule has 0 atom stereocenters. The van der Waals surface area contributed by atoms with Gasteiger partial charge in [0.05, 0.1) is 10.6 Å². The third-order valence-corrected chi connectivity index (χ3v) is 5.96. The number of amides is 1. The molecule has 30 heavy (non-hydrogen) atoms. The number of rotatable bonds is 5. The second-order valence-electron chi connectivity index (χ2n) is 6.62. The second-order valence-corrected chi connectivity index (χ2v) is 8.04. The van der Waals surface area contributed by atoms with Crippen LogP contribution in [0.15, 0.2) is 88.8 Å². The fraction of sp³-hybridized carbons (Fsp3) is 0.0833. The van der Waals surface area contributed by atoms with Gasteiger partial charge in [-0.05, 0) is 42.1 Å². The van der Waals surface area contributed by atoms with Crippen LogP contribution < -0.4 is 4.74 Å². The average Bonchev–Trinajstić information content (AvgIpc) is 3.02. The molecule has 4 rings (SSSR count). The highest BCUT2D eigenvalue weighted by Gasteiger charge is 2.30. The lowest BCUT2D eigenvalue weighted by atomic mass is 10.1. The van der Waals surface area contributed by atoms with E-state index >= 15 is 0 Å². The number of amidine groups is 1. The van der Waals surface area contributed by atoms with E-state index in [4.69, 9.17) is 16.3 Å². The number of halogens is 1. The first-order valence-corrected chi connectivity index (χ1v) is 10.6. The molecule has 4 nitrogen and oxygen atoms in total. The smallest absolute Gasteiger partial charge is 0.266 e. The van der Waals surface area contributed by atoms with Gasteiger partial charge in [-0.3, -0.25) is 9.69 Å². The summed E-state index contributed by atoms with van der Waals surface area (Å²) in [5.41, 5.74) is 2.55. The molecule has 0 spiro atoms. The zero-order valence-electron chi connectivity index (χ0n) is 16.3. The molecule has 1 amide bonds. The molecule has 0 N–H and O–H groups in total. The Morgan fingerprint density at radius 3 is 2.50 bits per heavy atom. The van der Waals surface area contributed by atoms with Crippen molar-refractivity contribution >= 4 is 46.2 Å². The molecule has 1 heterocycles. The Morgan fingerprint density at radius 1 is 1.00 bits per heavy atom. The van der Waals surface area contributed by atoms with Crippen LogP contribution in [0.3, 0.4) is 0 Å². The quantitative estimate of drug-likeness (QED) is 0.452. The van der Waals surface area contributed by atoms with Crippen molar-refractivity contribution in [3.63, 3.8) is 0 Å². The molecule has 1 aliphatic heterocycles. The normalized spacial score (nSPS) is 16.5. The Labute approximate surface area is 184 Å². The maximum absolute atomic E-state index is 12.7. The molecule has 1 fully saturated rings. The summed E-state index contributed by atoms with van der Waals surface area (Å²) < 4.78 is 6.01. The van der Waals surface area contributed by atoms with Crippen LogP contribution in [0.25, 0.3) is 6.08 Å². The topological polar surface area (TPSA) is 41.9 Å². The first-order chi connectivity index (χ1) is 14.6. The number of ether oxygens (including phenoxy) is 1. The van der Waals surface area contributed by atoms with Crippen LogP contribution in [-0.2, 0) is 11.4 Å². The minimum Gasteiger partial charge on any atom is -0.488 e. The predicted octanol–water partition coefficient (Wildman–Crippen LogP) is 6.15. The van der Waals surface area contributed by atoms with Gasteiger partial charge < -0.3 is 4.74 Å². The molecule has 150 valence electrons. The maximum atomic E-state index is 12.7. The van der Waals surface area contributed by atoms with Gasteiger partial charge >= 0.3 is 0 Å². The van der Waals surface area contributed by atoms with Crippen LogP contribution in [-0.4, -0.2) is 23.0 Å². The van der Waals surface area contributed by atoms with Crippen LogP contribution in [0.1, 0.15) is 11.1 Å². The summed E-state index contributed by atoms with van der Waals surface area (Å²) in [5.74, 6) is 0.602. The maximum Gasteiger partial charge on any atom is 0.266 e. The molecule has 0 unspecified atom stereocenters. The van der Waals surface area contributed by atoms with E-state index in [9.17, 15) is 4.79 Å². The Kier molecular flexibility index (Phi) is 6.21. The molecule has 0 saturated carbocycles. The predicted molar refractivity (Wildman–Crippen MR) is 124 cm³/mol. The number of benzene rings is 3. The highest BCUT2D eigenvalue weighted by molar-refractivity contribution is 8.18. The van der Waals surface area contributed by atoms with E-state index in [1.165, 1.54) is 11.8 Å². The molecule has 3 aromatic rings. The van der Waals surface area contributed by atoms with E-state index in [2.05, 4.69) is 4.99 Å². The van der Waals surface area contributed by atoms with Crippen molar-refractivity contribution < 1.29 is 9.53 Å². The van der Waals surface area contributed by atoms with E-state index in [0.717, 1.165) is 16.8 Å². The van der Waals surface area contributed by atoms with Crippen molar-refractivity contribution in [2.75, 3.05) is 7.05 Å². The Balaban J connectivity index is 1.57. The number of aliphatic imine (C=N–C) groups is 1. The number of carbonyl (C=O) groups is 1. The van der Waals surface area contributed by atoms with Crippen LogP contribution in [0, 0.1) is 0 Å². The SMILES string of the molecule is CN1C(=O)/C(=C/c2ccccc2OCc2ccccc2Cl)SC1=Nc1ccccc1. The fourth-order valence-electron chi connectivity index (χ4n) is 2.91. The van der Waals surface area contributed by atoms with Crippen molar-refractivity contribution in [2.45, 2.75) is 6.61 Å². The zero-order valence-corrected chi connectivity index (χ0v) is 17.9. The van der Waals surface area contributed by atoms with Gasteiger partial charge in [0.2, 0.25) is 0 Å². The van der Waals surface area contributed by atoms with Crippen molar-refractivity contribution in [2.24, 2.45) is 4.99 Å². The van der Waals surface area contributed by atoms with E-state index in [-0.39, 0.29) is 5.91 Å². The molecule has 0 aliphatic carbocycles. The fourth-order valence-corrected chi connectivity index (χ4v) is 4.08. The van der Waals surface area contributed by atoms with Gasteiger partial charge in [0, 0.05) is 23.2 Å².